The predicted molar refractivity (Wildman–Crippen MR) is 80.5 cm³/mol. The molecule has 0 radical (unpaired) electrons. The molecule has 0 spiro atoms. The van der Waals surface area contributed by atoms with Crippen molar-refractivity contribution in [1.29, 1.82) is 0 Å². The van der Waals surface area contributed by atoms with E-state index in [1.165, 1.54) is 17.3 Å². The molecule has 20 heavy (non-hydrogen) atoms. The first kappa shape index (κ1) is 15.0. The molecular weight excluding hydrogens is 272 g/mol. The number of aliphatic hydroxyl groups excluding tert-OH is 1. The van der Waals surface area contributed by atoms with E-state index in [-0.39, 0.29) is 6.10 Å². The number of aryl methyl sites for hydroxylation is 1. The molecule has 0 saturated heterocycles. The lowest BCUT2D eigenvalue weighted by Gasteiger charge is -2.20. The van der Waals surface area contributed by atoms with Gasteiger partial charge in [0.05, 0.1) is 6.10 Å². The summed E-state index contributed by atoms with van der Waals surface area (Å²) in [4.78, 5) is 2.12. The van der Waals surface area contributed by atoms with Gasteiger partial charge in [-0.25, -0.2) is 0 Å². The molecule has 0 fully saturated rings. The number of likely N-dealkylation sites (N-methyl/N-ethyl adjacent to an activating group) is 1. The topological polar surface area (TPSA) is 54.2 Å². The summed E-state index contributed by atoms with van der Waals surface area (Å²) in [5, 5.41) is 18.7. The van der Waals surface area contributed by atoms with E-state index in [2.05, 4.69) is 27.2 Å². The summed E-state index contributed by atoms with van der Waals surface area (Å²) in [5.74, 6) is 0.617. The van der Waals surface area contributed by atoms with E-state index in [1.54, 1.807) is 6.33 Å². The van der Waals surface area contributed by atoms with Gasteiger partial charge in [-0.05, 0) is 12.6 Å². The van der Waals surface area contributed by atoms with Crippen molar-refractivity contribution in [3.05, 3.63) is 42.2 Å². The van der Waals surface area contributed by atoms with Crippen molar-refractivity contribution in [3.63, 3.8) is 0 Å². The van der Waals surface area contributed by atoms with E-state index in [1.807, 2.05) is 36.9 Å². The molecule has 5 nitrogen and oxygen atoms in total. The summed E-state index contributed by atoms with van der Waals surface area (Å²) in [7, 11) is 3.92. The molecule has 1 heterocycles. The molecule has 0 aliphatic carbocycles. The van der Waals surface area contributed by atoms with Crippen LogP contribution in [0.5, 0.6) is 0 Å². The fourth-order valence-electron chi connectivity index (χ4n) is 1.95. The molecule has 2 rings (SSSR count). The lowest BCUT2D eigenvalue weighted by Crippen LogP contribution is -2.30. The van der Waals surface area contributed by atoms with E-state index in [4.69, 9.17) is 0 Å². The van der Waals surface area contributed by atoms with Crippen LogP contribution in [0.25, 0.3) is 0 Å². The van der Waals surface area contributed by atoms with Crippen LogP contribution in [0.1, 0.15) is 5.56 Å². The Labute approximate surface area is 123 Å². The van der Waals surface area contributed by atoms with Gasteiger partial charge in [-0.3, -0.25) is 4.90 Å². The molecule has 0 saturated carbocycles. The second-order valence-corrected chi connectivity index (χ2v) is 5.86. The number of rotatable bonds is 7. The molecule has 2 aromatic rings. The average molecular weight is 292 g/mol. The Kier molecular flexibility index (Phi) is 5.58. The zero-order valence-corrected chi connectivity index (χ0v) is 12.6. The summed E-state index contributed by atoms with van der Waals surface area (Å²) in [6.45, 7) is 1.48. The molecule has 6 heteroatoms. The van der Waals surface area contributed by atoms with Crippen molar-refractivity contribution >= 4 is 11.8 Å². The number of hydrogen-bond acceptors (Lipinski definition) is 5. The van der Waals surface area contributed by atoms with Crippen LogP contribution in [0.2, 0.25) is 0 Å². The lowest BCUT2D eigenvalue weighted by atomic mass is 10.2. The molecule has 1 unspecified atom stereocenters. The summed E-state index contributed by atoms with van der Waals surface area (Å²) in [5.41, 5.74) is 1.25. The molecular formula is C14H20N4OS. The highest BCUT2D eigenvalue weighted by Gasteiger charge is 2.11. The van der Waals surface area contributed by atoms with E-state index in [9.17, 15) is 5.11 Å². The number of nitrogens with zero attached hydrogens (tertiary/aromatic N) is 4. The minimum Gasteiger partial charge on any atom is -0.391 e. The highest BCUT2D eigenvalue weighted by atomic mass is 32.2. The second-order valence-electron chi connectivity index (χ2n) is 4.87. The van der Waals surface area contributed by atoms with Crippen LogP contribution in [0.15, 0.2) is 41.8 Å². The van der Waals surface area contributed by atoms with Gasteiger partial charge in [-0.1, -0.05) is 42.1 Å². The van der Waals surface area contributed by atoms with E-state index < -0.39 is 0 Å². The largest absolute Gasteiger partial charge is 0.391 e. The fourth-order valence-corrected chi connectivity index (χ4v) is 2.75. The van der Waals surface area contributed by atoms with Gasteiger partial charge in [0.25, 0.3) is 0 Å². The fraction of sp³-hybridized carbons (Fsp3) is 0.429. The first-order valence-electron chi connectivity index (χ1n) is 6.52. The van der Waals surface area contributed by atoms with Gasteiger partial charge in [0.15, 0.2) is 5.16 Å². The second kappa shape index (κ2) is 7.42. The van der Waals surface area contributed by atoms with Crippen LogP contribution in [0, 0.1) is 0 Å². The van der Waals surface area contributed by atoms with Gasteiger partial charge in [-0.15, -0.1) is 10.2 Å². The van der Waals surface area contributed by atoms with Gasteiger partial charge in [0, 0.05) is 25.9 Å². The van der Waals surface area contributed by atoms with Crippen LogP contribution in [-0.4, -0.2) is 50.2 Å². The maximum atomic E-state index is 10.1. The summed E-state index contributed by atoms with van der Waals surface area (Å²) < 4.78 is 1.85. The zero-order chi connectivity index (χ0) is 14.4. The monoisotopic (exact) mass is 292 g/mol. The summed E-state index contributed by atoms with van der Waals surface area (Å²) in [6, 6.07) is 10.3. The van der Waals surface area contributed by atoms with Crippen LogP contribution in [0.4, 0.5) is 0 Å². The van der Waals surface area contributed by atoms with Crippen molar-refractivity contribution in [2.24, 2.45) is 7.05 Å². The summed E-state index contributed by atoms with van der Waals surface area (Å²) in [6.07, 6.45) is 1.28. The number of hydrogen-bond donors (Lipinski definition) is 1. The number of thioether (sulfide) groups is 1. The molecule has 1 N–H and O–H groups in total. The first-order chi connectivity index (χ1) is 9.65. The van der Waals surface area contributed by atoms with Gasteiger partial charge >= 0.3 is 0 Å². The minimum absolute atomic E-state index is 0.384. The molecule has 0 bridgehead atoms. The van der Waals surface area contributed by atoms with Crippen LogP contribution < -0.4 is 0 Å². The third kappa shape index (κ3) is 4.63. The van der Waals surface area contributed by atoms with Crippen molar-refractivity contribution < 1.29 is 5.11 Å². The summed E-state index contributed by atoms with van der Waals surface area (Å²) >= 11 is 1.52. The molecule has 1 aromatic heterocycles. The standard InChI is InChI=1S/C14H20N4OS/c1-17(8-12-6-4-3-5-7-12)9-13(19)10-20-14-16-15-11-18(14)2/h3-7,11,13,19H,8-10H2,1-2H3. The van der Waals surface area contributed by atoms with Crippen molar-refractivity contribution in [1.82, 2.24) is 19.7 Å². The van der Waals surface area contributed by atoms with Crippen molar-refractivity contribution in [2.75, 3.05) is 19.3 Å². The number of benzene rings is 1. The van der Waals surface area contributed by atoms with E-state index in [0.717, 1.165) is 11.7 Å². The molecule has 0 aliphatic heterocycles. The molecule has 0 aliphatic rings. The smallest absolute Gasteiger partial charge is 0.190 e. The quantitative estimate of drug-likeness (QED) is 0.782. The Morgan fingerprint density at radius 3 is 2.75 bits per heavy atom. The Hall–Kier alpha value is -1.37. The SMILES string of the molecule is CN(Cc1ccccc1)CC(O)CSc1nncn1C. The predicted octanol–water partition coefficient (Wildman–Crippen LogP) is 1.40. The van der Waals surface area contributed by atoms with E-state index in [0.29, 0.717) is 12.3 Å². The van der Waals surface area contributed by atoms with Crippen molar-refractivity contribution in [2.45, 2.75) is 17.8 Å². The van der Waals surface area contributed by atoms with Gasteiger partial charge < -0.3 is 9.67 Å². The van der Waals surface area contributed by atoms with Crippen LogP contribution >= 0.6 is 11.8 Å². The van der Waals surface area contributed by atoms with E-state index >= 15 is 0 Å². The Balaban J connectivity index is 1.74. The first-order valence-corrected chi connectivity index (χ1v) is 7.51. The Morgan fingerprint density at radius 2 is 2.10 bits per heavy atom. The van der Waals surface area contributed by atoms with Gasteiger partial charge in [0.1, 0.15) is 6.33 Å². The lowest BCUT2D eigenvalue weighted by molar-refractivity contribution is 0.142. The Morgan fingerprint density at radius 1 is 1.35 bits per heavy atom. The highest BCUT2D eigenvalue weighted by molar-refractivity contribution is 7.99. The minimum atomic E-state index is -0.384. The maximum absolute atomic E-state index is 10.1. The molecule has 108 valence electrons. The third-order valence-corrected chi connectivity index (χ3v) is 4.07. The molecule has 0 amide bonds. The van der Waals surface area contributed by atoms with Gasteiger partial charge in [-0.2, -0.15) is 0 Å². The van der Waals surface area contributed by atoms with Crippen molar-refractivity contribution in [3.8, 4) is 0 Å². The normalized spacial score (nSPS) is 12.8. The number of aliphatic hydroxyl groups is 1. The Bertz CT molecular complexity index is 517. The maximum Gasteiger partial charge on any atom is 0.190 e. The highest BCUT2D eigenvalue weighted by Crippen LogP contribution is 2.15. The zero-order valence-electron chi connectivity index (χ0n) is 11.8. The molecule has 1 aromatic carbocycles. The van der Waals surface area contributed by atoms with Crippen LogP contribution in [-0.2, 0) is 13.6 Å². The number of aromatic nitrogens is 3. The molecule has 1 atom stereocenters. The average Bonchev–Trinajstić information content (AvgIpc) is 2.83. The van der Waals surface area contributed by atoms with Gasteiger partial charge in [0.2, 0.25) is 0 Å². The van der Waals surface area contributed by atoms with Crippen LogP contribution in [0.3, 0.4) is 0 Å². The third-order valence-electron chi connectivity index (χ3n) is 2.89.